The number of anilines is 1. The second kappa shape index (κ2) is 5.19. The van der Waals surface area contributed by atoms with Crippen LogP contribution in [-0.4, -0.2) is 25.2 Å². The summed E-state index contributed by atoms with van der Waals surface area (Å²) in [6.07, 6.45) is 0. The lowest BCUT2D eigenvalue weighted by molar-refractivity contribution is 0.164. The summed E-state index contributed by atoms with van der Waals surface area (Å²) in [5.41, 5.74) is 2.79. The van der Waals surface area contributed by atoms with Gasteiger partial charge in [0.25, 0.3) is 0 Å². The highest BCUT2D eigenvalue weighted by Crippen LogP contribution is 2.19. The van der Waals surface area contributed by atoms with Gasteiger partial charge >= 0.3 is 0 Å². The summed E-state index contributed by atoms with van der Waals surface area (Å²) in [4.78, 5) is 4.31. The van der Waals surface area contributed by atoms with Gasteiger partial charge in [0.1, 0.15) is 5.52 Å². The molecule has 2 rings (SSSR count). The zero-order valence-electron chi connectivity index (χ0n) is 10.5. The number of methoxy groups -OCH3 is 1. The highest BCUT2D eigenvalue weighted by atomic mass is 16.5. The van der Waals surface area contributed by atoms with Gasteiger partial charge in [0.05, 0.1) is 6.61 Å². The summed E-state index contributed by atoms with van der Waals surface area (Å²) in [5.74, 6) is 1.18. The van der Waals surface area contributed by atoms with Gasteiger partial charge in [0, 0.05) is 26.3 Å². The second-order valence-corrected chi connectivity index (χ2v) is 4.36. The first-order chi connectivity index (χ1) is 8.19. The number of fused-ring (bicyclic) bond motifs is 1. The van der Waals surface area contributed by atoms with E-state index in [2.05, 4.69) is 17.2 Å². The van der Waals surface area contributed by atoms with Crippen LogP contribution in [0.2, 0.25) is 0 Å². The largest absolute Gasteiger partial charge is 0.441 e. The van der Waals surface area contributed by atoms with Crippen molar-refractivity contribution in [1.82, 2.24) is 4.98 Å². The Morgan fingerprint density at radius 1 is 1.47 bits per heavy atom. The molecule has 0 saturated carbocycles. The number of aryl methyl sites for hydroxylation is 1. The van der Waals surface area contributed by atoms with Crippen LogP contribution in [0.4, 0.5) is 5.69 Å². The molecule has 1 aromatic heterocycles. The average Bonchev–Trinajstić information content (AvgIpc) is 2.66. The lowest BCUT2D eigenvalue weighted by atomic mass is 10.2. The number of rotatable bonds is 5. The Bertz CT molecular complexity index is 493. The van der Waals surface area contributed by atoms with E-state index < -0.39 is 0 Å². The summed E-state index contributed by atoms with van der Waals surface area (Å²) in [7, 11) is 1.72. The quantitative estimate of drug-likeness (QED) is 0.864. The summed E-state index contributed by atoms with van der Waals surface area (Å²) < 4.78 is 10.5. The maximum absolute atomic E-state index is 5.43. The van der Waals surface area contributed by atoms with Gasteiger partial charge in [-0.2, -0.15) is 0 Å². The minimum Gasteiger partial charge on any atom is -0.441 e. The lowest BCUT2D eigenvalue weighted by Crippen LogP contribution is -2.15. The molecule has 1 aromatic carbocycles. The van der Waals surface area contributed by atoms with Crippen LogP contribution in [0.5, 0.6) is 0 Å². The number of ether oxygens (including phenoxy) is 1. The Hall–Kier alpha value is -1.55. The third-order valence-electron chi connectivity index (χ3n) is 2.60. The Morgan fingerprint density at radius 2 is 2.29 bits per heavy atom. The van der Waals surface area contributed by atoms with Crippen LogP contribution in [0.25, 0.3) is 11.1 Å². The zero-order chi connectivity index (χ0) is 12.3. The molecule has 0 spiro atoms. The van der Waals surface area contributed by atoms with Gasteiger partial charge in [0.2, 0.25) is 0 Å². The van der Waals surface area contributed by atoms with Crippen LogP contribution < -0.4 is 5.32 Å². The molecule has 17 heavy (non-hydrogen) atoms. The fourth-order valence-corrected chi connectivity index (χ4v) is 1.79. The number of benzene rings is 1. The molecule has 0 radical (unpaired) electrons. The maximum Gasteiger partial charge on any atom is 0.192 e. The number of hydrogen-bond acceptors (Lipinski definition) is 4. The van der Waals surface area contributed by atoms with Crippen molar-refractivity contribution in [3.63, 3.8) is 0 Å². The van der Waals surface area contributed by atoms with Gasteiger partial charge in [-0.15, -0.1) is 0 Å². The molecule has 0 aliphatic carbocycles. The van der Waals surface area contributed by atoms with E-state index in [4.69, 9.17) is 9.15 Å². The van der Waals surface area contributed by atoms with Crippen molar-refractivity contribution in [1.29, 1.82) is 0 Å². The molecule has 4 nitrogen and oxygen atoms in total. The van der Waals surface area contributed by atoms with Crippen molar-refractivity contribution < 1.29 is 9.15 Å². The van der Waals surface area contributed by atoms with E-state index in [0.717, 1.165) is 29.9 Å². The number of aromatic nitrogens is 1. The molecule has 0 saturated heterocycles. The lowest BCUT2D eigenvalue weighted by Gasteiger charge is -2.12. The van der Waals surface area contributed by atoms with Gasteiger partial charge in [-0.3, -0.25) is 0 Å². The first-order valence-corrected chi connectivity index (χ1v) is 5.79. The van der Waals surface area contributed by atoms with Crippen LogP contribution in [0, 0.1) is 12.8 Å². The Labute approximate surface area is 101 Å². The molecular weight excluding hydrogens is 216 g/mol. The van der Waals surface area contributed by atoms with E-state index in [-0.39, 0.29) is 0 Å². The minimum absolute atomic E-state index is 0.481. The molecule has 1 N–H and O–H groups in total. The Balaban J connectivity index is 2.03. The second-order valence-electron chi connectivity index (χ2n) is 4.36. The monoisotopic (exact) mass is 234 g/mol. The molecule has 92 valence electrons. The molecule has 0 bridgehead atoms. The van der Waals surface area contributed by atoms with Crippen molar-refractivity contribution in [2.45, 2.75) is 13.8 Å². The van der Waals surface area contributed by atoms with Crippen LogP contribution in [0.3, 0.4) is 0 Å². The van der Waals surface area contributed by atoms with Gasteiger partial charge in [0.15, 0.2) is 11.5 Å². The number of nitrogens with zero attached hydrogens (tertiary/aromatic N) is 1. The van der Waals surface area contributed by atoms with Crippen LogP contribution in [0.15, 0.2) is 22.6 Å². The molecule has 4 heteroatoms. The van der Waals surface area contributed by atoms with Crippen molar-refractivity contribution in [2.75, 3.05) is 25.6 Å². The summed E-state index contributed by atoms with van der Waals surface area (Å²) >= 11 is 0. The third kappa shape index (κ3) is 2.97. The van der Waals surface area contributed by atoms with Gasteiger partial charge in [-0.05, 0) is 24.1 Å². The Morgan fingerprint density at radius 3 is 3.06 bits per heavy atom. The molecule has 1 heterocycles. The van der Waals surface area contributed by atoms with Crippen molar-refractivity contribution in [3.8, 4) is 0 Å². The van der Waals surface area contributed by atoms with Crippen LogP contribution in [-0.2, 0) is 4.74 Å². The molecule has 1 atom stereocenters. The van der Waals surface area contributed by atoms with Gasteiger partial charge < -0.3 is 14.5 Å². The number of hydrogen-bond donors (Lipinski definition) is 1. The molecular formula is C13H18N2O2. The van der Waals surface area contributed by atoms with Crippen molar-refractivity contribution in [2.24, 2.45) is 5.92 Å². The van der Waals surface area contributed by atoms with E-state index in [1.165, 1.54) is 0 Å². The van der Waals surface area contributed by atoms with Gasteiger partial charge in [-0.1, -0.05) is 6.92 Å². The number of oxazole rings is 1. The minimum atomic E-state index is 0.481. The fourth-order valence-electron chi connectivity index (χ4n) is 1.79. The van der Waals surface area contributed by atoms with Crippen molar-refractivity contribution in [3.05, 3.63) is 24.1 Å². The van der Waals surface area contributed by atoms with E-state index in [0.29, 0.717) is 11.8 Å². The fraction of sp³-hybridized carbons (Fsp3) is 0.462. The molecule has 0 aliphatic heterocycles. The summed E-state index contributed by atoms with van der Waals surface area (Å²) in [5, 5.41) is 3.37. The van der Waals surface area contributed by atoms with Crippen LogP contribution in [0.1, 0.15) is 12.8 Å². The van der Waals surface area contributed by atoms with E-state index in [9.17, 15) is 0 Å². The highest BCUT2D eigenvalue weighted by Gasteiger charge is 2.04. The molecule has 0 aliphatic rings. The predicted molar refractivity (Wildman–Crippen MR) is 68.3 cm³/mol. The molecule has 0 amide bonds. The van der Waals surface area contributed by atoms with E-state index in [1.54, 1.807) is 7.11 Å². The first kappa shape index (κ1) is 11.9. The van der Waals surface area contributed by atoms with E-state index in [1.807, 2.05) is 25.1 Å². The topological polar surface area (TPSA) is 47.3 Å². The standard InChI is InChI=1S/C13H18N2O2/c1-9(8-16-3)7-14-11-4-5-13-12(6-11)15-10(2)17-13/h4-6,9,14H,7-8H2,1-3H3. The molecule has 1 unspecified atom stereocenters. The molecule has 2 aromatic rings. The summed E-state index contributed by atoms with van der Waals surface area (Å²) in [6.45, 7) is 5.65. The van der Waals surface area contributed by atoms with Gasteiger partial charge in [-0.25, -0.2) is 4.98 Å². The zero-order valence-corrected chi connectivity index (χ0v) is 10.5. The average molecular weight is 234 g/mol. The van der Waals surface area contributed by atoms with E-state index >= 15 is 0 Å². The van der Waals surface area contributed by atoms with Crippen molar-refractivity contribution >= 4 is 16.8 Å². The molecule has 0 fully saturated rings. The first-order valence-electron chi connectivity index (χ1n) is 5.79. The number of nitrogens with one attached hydrogen (secondary N) is 1. The Kier molecular flexibility index (Phi) is 3.64. The predicted octanol–water partition coefficient (Wildman–Crippen LogP) is 2.83. The smallest absolute Gasteiger partial charge is 0.192 e. The maximum atomic E-state index is 5.43. The highest BCUT2D eigenvalue weighted by molar-refractivity contribution is 5.77. The van der Waals surface area contributed by atoms with Crippen LogP contribution >= 0.6 is 0 Å². The third-order valence-corrected chi connectivity index (χ3v) is 2.60. The SMILES string of the molecule is COCC(C)CNc1ccc2oc(C)nc2c1. The normalized spacial score (nSPS) is 12.9. The summed E-state index contributed by atoms with van der Waals surface area (Å²) in [6, 6.07) is 5.95.